The second kappa shape index (κ2) is 10.2. The summed E-state index contributed by atoms with van der Waals surface area (Å²) in [6, 6.07) is 4.99. The summed E-state index contributed by atoms with van der Waals surface area (Å²) in [5.41, 5.74) is 5.14. The Balaban J connectivity index is 1.75. The minimum absolute atomic E-state index is 0.00214. The lowest BCUT2D eigenvalue weighted by molar-refractivity contribution is -0.130. The summed E-state index contributed by atoms with van der Waals surface area (Å²) in [6.45, 7) is 2.58. The molecule has 6 heteroatoms. The molecule has 0 bridgehead atoms. The van der Waals surface area contributed by atoms with Gasteiger partial charge < -0.3 is 14.8 Å². The summed E-state index contributed by atoms with van der Waals surface area (Å²) in [5.74, 6) is -1.46. The molecule has 1 atom stereocenters. The highest BCUT2D eigenvalue weighted by Gasteiger charge is 2.30. The van der Waals surface area contributed by atoms with Crippen LogP contribution in [-0.2, 0) is 24.2 Å². The number of fused-ring (bicyclic) bond motifs is 3. The predicted molar refractivity (Wildman–Crippen MR) is 128 cm³/mol. The molecule has 0 radical (unpaired) electrons. The number of pyridine rings is 1. The van der Waals surface area contributed by atoms with Gasteiger partial charge in [-0.05, 0) is 61.3 Å². The van der Waals surface area contributed by atoms with Gasteiger partial charge in [0.2, 0.25) is 0 Å². The van der Waals surface area contributed by atoms with E-state index in [1.807, 2.05) is 12.1 Å². The third-order valence-electron chi connectivity index (χ3n) is 6.79. The van der Waals surface area contributed by atoms with Gasteiger partial charge in [0.05, 0.1) is 23.5 Å². The Hall–Kier alpha value is -3.15. The highest BCUT2D eigenvalue weighted by molar-refractivity contribution is 6.16. The zero-order valence-electron chi connectivity index (χ0n) is 19.2. The standard InChI is InChI=1S/C27H32N2O4/c1-2-3-4-5-9-18-10-6-12-20-21-13-8-14-22(26(30)31)25(21)29(24(20)16-18)17-19-11-7-15-23(28-19)27(32)33/h6-7,11-12,14-15,18H,2-5,8-10,13,16-17H2,1H3,(H,30,31)(H,32,33). The average molecular weight is 449 g/mol. The van der Waals surface area contributed by atoms with Crippen molar-refractivity contribution in [1.29, 1.82) is 0 Å². The van der Waals surface area contributed by atoms with Crippen LogP contribution in [0.1, 0.15) is 90.6 Å². The number of carboxylic acid groups (broad SMARTS) is 2. The number of carbonyl (C=O) groups is 2. The van der Waals surface area contributed by atoms with Crippen LogP contribution in [0.5, 0.6) is 0 Å². The molecule has 2 aliphatic rings. The van der Waals surface area contributed by atoms with Crippen LogP contribution < -0.4 is 0 Å². The van der Waals surface area contributed by atoms with Gasteiger partial charge in [-0.2, -0.15) is 0 Å². The monoisotopic (exact) mass is 448 g/mol. The molecule has 0 amide bonds. The second-order valence-electron chi connectivity index (χ2n) is 9.11. The Bertz CT molecular complexity index is 1110. The fourth-order valence-corrected chi connectivity index (χ4v) is 5.21. The first-order valence-electron chi connectivity index (χ1n) is 12.0. The number of carboxylic acids is 2. The first-order chi connectivity index (χ1) is 16.0. The first-order valence-corrected chi connectivity index (χ1v) is 12.0. The number of hydrogen-bond acceptors (Lipinski definition) is 3. The van der Waals surface area contributed by atoms with E-state index < -0.39 is 11.9 Å². The van der Waals surface area contributed by atoms with Crippen molar-refractivity contribution in [2.24, 2.45) is 5.92 Å². The molecule has 0 fully saturated rings. The molecular formula is C27H32N2O4. The molecular weight excluding hydrogens is 416 g/mol. The minimum atomic E-state index is -1.06. The van der Waals surface area contributed by atoms with E-state index in [-0.39, 0.29) is 5.69 Å². The van der Waals surface area contributed by atoms with E-state index in [9.17, 15) is 19.8 Å². The molecule has 2 aromatic heterocycles. The summed E-state index contributed by atoms with van der Waals surface area (Å²) in [4.78, 5) is 27.9. The van der Waals surface area contributed by atoms with Crippen LogP contribution >= 0.6 is 0 Å². The van der Waals surface area contributed by atoms with Gasteiger partial charge in [0.25, 0.3) is 0 Å². The zero-order valence-corrected chi connectivity index (χ0v) is 19.2. The molecule has 2 heterocycles. The van der Waals surface area contributed by atoms with Gasteiger partial charge >= 0.3 is 11.9 Å². The molecule has 0 saturated carbocycles. The van der Waals surface area contributed by atoms with Crippen molar-refractivity contribution in [3.05, 3.63) is 64.3 Å². The number of aromatic nitrogens is 2. The third kappa shape index (κ3) is 4.95. The summed E-state index contributed by atoms with van der Waals surface area (Å²) < 4.78 is 2.10. The van der Waals surface area contributed by atoms with Gasteiger partial charge in [0, 0.05) is 5.69 Å². The second-order valence-corrected chi connectivity index (χ2v) is 9.11. The predicted octanol–water partition coefficient (Wildman–Crippen LogP) is 5.59. The van der Waals surface area contributed by atoms with E-state index in [4.69, 9.17) is 0 Å². The van der Waals surface area contributed by atoms with Crippen molar-refractivity contribution in [2.75, 3.05) is 0 Å². The Kier molecular flexibility index (Phi) is 7.11. The third-order valence-corrected chi connectivity index (χ3v) is 6.79. The van der Waals surface area contributed by atoms with Crippen molar-refractivity contribution in [3.8, 4) is 0 Å². The van der Waals surface area contributed by atoms with E-state index in [1.165, 1.54) is 31.7 Å². The first kappa shape index (κ1) is 23.0. The number of unbranched alkanes of at least 4 members (excludes halogenated alkanes) is 3. The van der Waals surface area contributed by atoms with Gasteiger partial charge in [0.1, 0.15) is 5.69 Å². The van der Waals surface area contributed by atoms with Crippen LogP contribution in [0, 0.1) is 5.92 Å². The van der Waals surface area contributed by atoms with E-state index in [0.717, 1.165) is 48.2 Å². The lowest BCUT2D eigenvalue weighted by Gasteiger charge is -2.19. The maximum Gasteiger partial charge on any atom is 0.354 e. The SMILES string of the molecule is CCCCCCC1CC=Cc2c3c(n(Cc4cccc(C(=O)O)n4)c2C1)C(C(=O)O)=CCC3. The van der Waals surface area contributed by atoms with Crippen LogP contribution in [0.2, 0.25) is 0 Å². The fourth-order valence-electron chi connectivity index (χ4n) is 5.21. The number of hydrogen-bond donors (Lipinski definition) is 2. The number of nitrogens with zero attached hydrogens (tertiary/aromatic N) is 2. The van der Waals surface area contributed by atoms with E-state index in [2.05, 4.69) is 28.6 Å². The molecule has 33 heavy (non-hydrogen) atoms. The molecule has 0 aromatic carbocycles. The van der Waals surface area contributed by atoms with E-state index in [1.54, 1.807) is 6.07 Å². The highest BCUT2D eigenvalue weighted by Crippen LogP contribution is 2.38. The Labute approximate surface area is 194 Å². The molecule has 2 aliphatic carbocycles. The summed E-state index contributed by atoms with van der Waals surface area (Å²) in [6.07, 6.45) is 15.8. The number of allylic oxidation sites excluding steroid dienone is 2. The van der Waals surface area contributed by atoms with Crippen LogP contribution in [-0.4, -0.2) is 31.7 Å². The number of aliphatic carboxylic acids is 1. The van der Waals surface area contributed by atoms with Gasteiger partial charge in [-0.25, -0.2) is 14.6 Å². The van der Waals surface area contributed by atoms with Crippen LogP contribution in [0.15, 0.2) is 30.4 Å². The van der Waals surface area contributed by atoms with Crippen molar-refractivity contribution in [3.63, 3.8) is 0 Å². The van der Waals surface area contributed by atoms with Gasteiger partial charge in [0.15, 0.2) is 0 Å². The van der Waals surface area contributed by atoms with Gasteiger partial charge in [-0.1, -0.05) is 56.9 Å². The lowest BCUT2D eigenvalue weighted by atomic mass is 9.92. The Morgan fingerprint density at radius 1 is 1.15 bits per heavy atom. The molecule has 0 saturated heterocycles. The van der Waals surface area contributed by atoms with Crippen molar-refractivity contribution in [1.82, 2.24) is 9.55 Å². The van der Waals surface area contributed by atoms with Gasteiger partial charge in [-0.3, -0.25) is 0 Å². The fraction of sp³-hybridized carbons (Fsp3) is 0.444. The van der Waals surface area contributed by atoms with Crippen molar-refractivity contribution < 1.29 is 19.8 Å². The molecule has 2 N–H and O–H groups in total. The largest absolute Gasteiger partial charge is 0.478 e. The minimum Gasteiger partial charge on any atom is -0.478 e. The molecule has 0 aliphatic heterocycles. The maximum absolute atomic E-state index is 12.1. The van der Waals surface area contributed by atoms with Crippen LogP contribution in [0.3, 0.4) is 0 Å². The normalized spacial score (nSPS) is 17.1. The lowest BCUT2D eigenvalue weighted by Crippen LogP contribution is -2.17. The smallest absolute Gasteiger partial charge is 0.354 e. The molecule has 1 unspecified atom stereocenters. The quantitative estimate of drug-likeness (QED) is 0.488. The van der Waals surface area contributed by atoms with Crippen molar-refractivity contribution >= 4 is 23.6 Å². The average Bonchev–Trinajstić information content (AvgIpc) is 2.95. The number of aromatic carboxylic acids is 1. The van der Waals surface area contributed by atoms with Crippen LogP contribution in [0.25, 0.3) is 11.6 Å². The topological polar surface area (TPSA) is 92.4 Å². The molecule has 2 aromatic rings. The Morgan fingerprint density at radius 3 is 2.76 bits per heavy atom. The van der Waals surface area contributed by atoms with E-state index in [0.29, 0.717) is 30.2 Å². The van der Waals surface area contributed by atoms with E-state index >= 15 is 0 Å². The summed E-state index contributed by atoms with van der Waals surface area (Å²) in [7, 11) is 0. The molecule has 0 spiro atoms. The van der Waals surface area contributed by atoms with Crippen LogP contribution in [0.4, 0.5) is 0 Å². The molecule has 4 rings (SSSR count). The zero-order chi connectivity index (χ0) is 23.4. The summed E-state index contributed by atoms with van der Waals surface area (Å²) in [5, 5.41) is 19.3. The highest BCUT2D eigenvalue weighted by atomic mass is 16.4. The Morgan fingerprint density at radius 2 is 2.00 bits per heavy atom. The maximum atomic E-state index is 12.1. The van der Waals surface area contributed by atoms with Crippen molar-refractivity contribution in [2.45, 2.75) is 71.3 Å². The number of rotatable bonds is 9. The molecule has 6 nitrogen and oxygen atoms in total. The van der Waals surface area contributed by atoms with Gasteiger partial charge in [-0.15, -0.1) is 0 Å². The molecule has 174 valence electrons. The summed E-state index contributed by atoms with van der Waals surface area (Å²) >= 11 is 0.